The maximum Gasteiger partial charge on any atom is 0.326 e. The molecular weight excluding hydrogens is 466 g/mol. The Morgan fingerprint density at radius 1 is 1.21 bits per heavy atom. The summed E-state index contributed by atoms with van der Waals surface area (Å²) in [6.07, 6.45) is 0.148. The number of carbonyl (C=O) groups is 2. The van der Waals surface area contributed by atoms with Crippen LogP contribution in [-0.4, -0.2) is 84.6 Å². The van der Waals surface area contributed by atoms with E-state index >= 15 is 0 Å². The summed E-state index contributed by atoms with van der Waals surface area (Å²) in [5.74, 6) is -3.16. The number of carboxylic acids is 1. The summed E-state index contributed by atoms with van der Waals surface area (Å²) in [6.45, 7) is 3.28. The monoisotopic (exact) mass is 495 g/mol. The van der Waals surface area contributed by atoms with Crippen molar-refractivity contribution in [1.29, 1.82) is 0 Å². The molecule has 0 radical (unpaired) electrons. The van der Waals surface area contributed by atoms with Crippen LogP contribution in [0.4, 0.5) is 10.9 Å². The van der Waals surface area contributed by atoms with Crippen molar-refractivity contribution < 1.29 is 23.1 Å². The Bertz CT molecular complexity index is 1070. The third-order valence-corrected chi connectivity index (χ3v) is 8.32. The van der Waals surface area contributed by atoms with E-state index in [-0.39, 0.29) is 17.4 Å². The average Bonchev–Trinajstić information content (AvgIpc) is 3.19. The van der Waals surface area contributed by atoms with Crippen molar-refractivity contribution in [3.05, 3.63) is 41.3 Å². The molecule has 3 N–H and O–H groups in total. The first-order valence-electron chi connectivity index (χ1n) is 10.6. The zero-order valence-electron chi connectivity index (χ0n) is 18.6. The lowest BCUT2D eigenvalue weighted by Gasteiger charge is -2.33. The van der Waals surface area contributed by atoms with Crippen molar-refractivity contribution in [3.8, 4) is 0 Å². The molecule has 0 saturated carbocycles. The quantitative estimate of drug-likeness (QED) is 0.525. The smallest absolute Gasteiger partial charge is 0.326 e. The fourth-order valence-electron chi connectivity index (χ4n) is 3.74. The SMILES string of the molecule is CC(C(=O)O)N(C(=O)C(Cc1ccccc1)CS(=O)(=O)N1CCN(C)CC1)c1csc(N)n1. The molecule has 1 aromatic heterocycles. The van der Waals surface area contributed by atoms with Crippen LogP contribution in [0, 0.1) is 5.92 Å². The van der Waals surface area contributed by atoms with E-state index in [0.29, 0.717) is 26.2 Å². The first-order valence-corrected chi connectivity index (χ1v) is 13.0. The molecule has 1 aromatic carbocycles. The van der Waals surface area contributed by atoms with Crippen LogP contribution in [0.2, 0.25) is 0 Å². The molecule has 1 fully saturated rings. The molecule has 1 saturated heterocycles. The van der Waals surface area contributed by atoms with Gasteiger partial charge in [-0.05, 0) is 26.0 Å². The Hall–Kier alpha value is -2.54. The van der Waals surface area contributed by atoms with Crippen molar-refractivity contribution in [2.45, 2.75) is 19.4 Å². The van der Waals surface area contributed by atoms with Gasteiger partial charge in [0.15, 0.2) is 5.13 Å². The maximum absolute atomic E-state index is 13.7. The van der Waals surface area contributed by atoms with Crippen molar-refractivity contribution in [2.75, 3.05) is 49.6 Å². The number of hydrogen-bond donors (Lipinski definition) is 2. The molecule has 3 rings (SSSR count). The van der Waals surface area contributed by atoms with Gasteiger partial charge in [0, 0.05) is 31.6 Å². The molecule has 2 atom stereocenters. The largest absolute Gasteiger partial charge is 0.480 e. The number of rotatable bonds is 9. The summed E-state index contributed by atoms with van der Waals surface area (Å²) in [5, 5.41) is 11.3. The van der Waals surface area contributed by atoms with Gasteiger partial charge in [0.05, 0.1) is 11.7 Å². The van der Waals surface area contributed by atoms with Gasteiger partial charge in [0.2, 0.25) is 15.9 Å². The van der Waals surface area contributed by atoms with E-state index in [4.69, 9.17) is 5.73 Å². The van der Waals surface area contributed by atoms with E-state index in [1.807, 2.05) is 42.3 Å². The number of anilines is 2. The number of nitrogens with two attached hydrogens (primary N) is 1. The summed E-state index contributed by atoms with van der Waals surface area (Å²) in [5.41, 5.74) is 6.50. The number of aromatic nitrogens is 1. The summed E-state index contributed by atoms with van der Waals surface area (Å²) in [6, 6.07) is 7.83. The summed E-state index contributed by atoms with van der Waals surface area (Å²) >= 11 is 1.08. The van der Waals surface area contributed by atoms with Gasteiger partial charge in [-0.1, -0.05) is 30.3 Å². The molecule has 1 amide bonds. The number of sulfonamides is 1. The number of likely N-dealkylation sites (N-methyl/N-ethyl adjacent to an activating group) is 1. The fourth-order valence-corrected chi connectivity index (χ4v) is 5.98. The van der Waals surface area contributed by atoms with Crippen LogP contribution in [0.1, 0.15) is 12.5 Å². The minimum Gasteiger partial charge on any atom is -0.480 e. The summed E-state index contributed by atoms with van der Waals surface area (Å²) in [4.78, 5) is 32.7. The van der Waals surface area contributed by atoms with Crippen molar-refractivity contribution >= 4 is 44.2 Å². The number of piperazine rings is 1. The zero-order chi connectivity index (χ0) is 24.2. The highest BCUT2D eigenvalue weighted by molar-refractivity contribution is 7.89. The molecular formula is C21H29N5O5S2. The van der Waals surface area contributed by atoms with E-state index in [9.17, 15) is 23.1 Å². The summed E-state index contributed by atoms with van der Waals surface area (Å²) < 4.78 is 27.9. The van der Waals surface area contributed by atoms with E-state index in [1.165, 1.54) is 16.6 Å². The predicted molar refractivity (Wildman–Crippen MR) is 128 cm³/mol. The zero-order valence-corrected chi connectivity index (χ0v) is 20.3. The lowest BCUT2D eigenvalue weighted by atomic mass is 9.99. The fraction of sp³-hybridized carbons (Fsp3) is 0.476. The van der Waals surface area contributed by atoms with Gasteiger partial charge >= 0.3 is 5.97 Å². The van der Waals surface area contributed by atoms with Crippen LogP contribution >= 0.6 is 11.3 Å². The molecule has 1 aliphatic rings. The molecule has 0 aliphatic carbocycles. The highest BCUT2D eigenvalue weighted by Crippen LogP contribution is 2.26. The maximum atomic E-state index is 13.7. The number of carboxylic acid groups (broad SMARTS) is 1. The molecule has 0 bridgehead atoms. The van der Waals surface area contributed by atoms with Gasteiger partial charge < -0.3 is 15.7 Å². The second-order valence-electron chi connectivity index (χ2n) is 8.13. The number of amides is 1. The van der Waals surface area contributed by atoms with Crippen LogP contribution in [0.3, 0.4) is 0 Å². The van der Waals surface area contributed by atoms with Crippen LogP contribution in [0.5, 0.6) is 0 Å². The lowest BCUT2D eigenvalue weighted by molar-refractivity contribution is -0.140. The van der Waals surface area contributed by atoms with Crippen molar-refractivity contribution in [3.63, 3.8) is 0 Å². The van der Waals surface area contributed by atoms with Crippen LogP contribution < -0.4 is 10.6 Å². The average molecular weight is 496 g/mol. The molecule has 2 unspecified atom stereocenters. The third-order valence-electron chi connectivity index (χ3n) is 5.68. The normalized spacial score (nSPS) is 17.4. The Morgan fingerprint density at radius 2 is 1.85 bits per heavy atom. The van der Waals surface area contributed by atoms with Crippen LogP contribution in [0.15, 0.2) is 35.7 Å². The van der Waals surface area contributed by atoms with Gasteiger partial charge in [0.25, 0.3) is 0 Å². The molecule has 180 valence electrons. The molecule has 0 spiro atoms. The predicted octanol–water partition coefficient (Wildman–Crippen LogP) is 0.968. The van der Waals surface area contributed by atoms with Crippen LogP contribution in [0.25, 0.3) is 0 Å². The minimum absolute atomic E-state index is 0.104. The van der Waals surface area contributed by atoms with Gasteiger partial charge in [-0.2, -0.15) is 4.31 Å². The Balaban J connectivity index is 1.94. The Labute approximate surface area is 197 Å². The highest BCUT2D eigenvalue weighted by Gasteiger charge is 2.38. The van der Waals surface area contributed by atoms with E-state index in [0.717, 1.165) is 21.8 Å². The number of hydrogen-bond acceptors (Lipinski definition) is 8. The summed E-state index contributed by atoms with van der Waals surface area (Å²) in [7, 11) is -1.83. The van der Waals surface area contributed by atoms with Gasteiger partial charge in [-0.15, -0.1) is 11.3 Å². The first kappa shape index (κ1) is 25.1. The second-order valence-corrected chi connectivity index (χ2v) is 11.0. The first-order chi connectivity index (χ1) is 15.6. The highest BCUT2D eigenvalue weighted by atomic mass is 32.2. The van der Waals surface area contributed by atoms with E-state index < -0.39 is 39.6 Å². The number of thiazole rings is 1. The minimum atomic E-state index is -3.76. The standard InChI is InChI=1S/C21H29N5O5S2/c1-15(20(28)29)26(18-13-32-21(22)23-18)19(27)17(12-16-6-4-3-5-7-16)14-33(30,31)25-10-8-24(2)9-11-25/h3-7,13,15,17H,8-12,14H2,1-2H3,(H2,22,23)(H,28,29). The second kappa shape index (κ2) is 10.6. The number of aliphatic carboxylic acids is 1. The van der Waals surface area contributed by atoms with E-state index in [1.54, 1.807) is 0 Å². The third kappa shape index (κ3) is 6.28. The molecule has 10 nitrogen and oxygen atoms in total. The van der Waals surface area contributed by atoms with Crippen LogP contribution in [-0.2, 0) is 26.0 Å². The molecule has 2 aromatic rings. The Morgan fingerprint density at radius 3 is 2.39 bits per heavy atom. The molecule has 2 heterocycles. The van der Waals surface area contributed by atoms with E-state index in [2.05, 4.69) is 4.98 Å². The van der Waals surface area contributed by atoms with Gasteiger partial charge in [-0.25, -0.2) is 18.2 Å². The number of nitrogens with zero attached hydrogens (tertiary/aromatic N) is 4. The van der Waals surface area contributed by atoms with Gasteiger partial charge in [0.1, 0.15) is 11.9 Å². The van der Waals surface area contributed by atoms with Crippen molar-refractivity contribution in [2.24, 2.45) is 5.92 Å². The lowest BCUT2D eigenvalue weighted by Crippen LogP contribution is -2.51. The Kier molecular flexibility index (Phi) is 8.05. The topological polar surface area (TPSA) is 137 Å². The molecule has 1 aliphatic heterocycles. The number of carbonyl (C=O) groups excluding carboxylic acids is 1. The molecule has 33 heavy (non-hydrogen) atoms. The number of nitrogen functional groups attached to an aromatic ring is 1. The number of benzene rings is 1. The van der Waals surface area contributed by atoms with Crippen molar-refractivity contribution in [1.82, 2.24) is 14.2 Å². The van der Waals surface area contributed by atoms with Gasteiger partial charge in [-0.3, -0.25) is 9.69 Å². The molecule has 12 heteroatoms.